The first-order valence-corrected chi connectivity index (χ1v) is 5.82. The molecule has 1 saturated heterocycles. The van der Waals surface area contributed by atoms with Gasteiger partial charge in [0.25, 0.3) is 0 Å². The molecule has 0 aromatic heterocycles. The summed E-state index contributed by atoms with van der Waals surface area (Å²) in [4.78, 5) is 24.6. The van der Waals surface area contributed by atoms with E-state index in [-0.39, 0.29) is 17.9 Å². The van der Waals surface area contributed by atoms with Crippen LogP contribution in [0.5, 0.6) is 0 Å². The zero-order chi connectivity index (χ0) is 12.0. The largest absolute Gasteiger partial charge is 0.359 e. The summed E-state index contributed by atoms with van der Waals surface area (Å²) in [5.74, 6) is 0.0261. The molecule has 1 N–H and O–H groups in total. The summed E-state index contributed by atoms with van der Waals surface area (Å²) in [5.41, 5.74) is 0. The maximum atomic E-state index is 11.6. The molecule has 0 radical (unpaired) electrons. The molecule has 0 aliphatic carbocycles. The molecule has 1 atom stereocenters. The Morgan fingerprint density at radius 1 is 1.50 bits per heavy atom. The van der Waals surface area contributed by atoms with Crippen molar-refractivity contribution in [2.45, 2.75) is 38.1 Å². The van der Waals surface area contributed by atoms with Crippen LogP contribution in [0.2, 0.25) is 0 Å². The average molecular weight is 224 g/mol. The topological polar surface area (TPSA) is 49.4 Å². The van der Waals surface area contributed by atoms with E-state index in [2.05, 4.69) is 11.9 Å². The number of piperidine rings is 1. The van der Waals surface area contributed by atoms with Crippen molar-refractivity contribution < 1.29 is 9.59 Å². The van der Waals surface area contributed by atoms with Crippen molar-refractivity contribution in [3.05, 3.63) is 12.7 Å². The van der Waals surface area contributed by atoms with E-state index in [9.17, 15) is 9.59 Å². The van der Waals surface area contributed by atoms with Gasteiger partial charge in [-0.3, -0.25) is 9.59 Å². The van der Waals surface area contributed by atoms with Crippen molar-refractivity contribution in [2.75, 3.05) is 13.6 Å². The van der Waals surface area contributed by atoms with Gasteiger partial charge in [-0.15, -0.1) is 0 Å². The molecule has 1 aliphatic rings. The number of nitrogens with one attached hydrogen (secondary N) is 1. The second-order valence-electron chi connectivity index (χ2n) is 4.10. The van der Waals surface area contributed by atoms with Crippen LogP contribution in [0.4, 0.5) is 0 Å². The number of hydrogen-bond acceptors (Lipinski definition) is 2. The average Bonchev–Trinajstić information content (AvgIpc) is 2.35. The van der Waals surface area contributed by atoms with Gasteiger partial charge in [-0.05, 0) is 31.8 Å². The molecule has 4 heteroatoms. The van der Waals surface area contributed by atoms with Gasteiger partial charge >= 0.3 is 0 Å². The highest BCUT2D eigenvalue weighted by Crippen LogP contribution is 2.21. The molecule has 90 valence electrons. The van der Waals surface area contributed by atoms with E-state index in [1.807, 2.05) is 4.90 Å². The van der Waals surface area contributed by atoms with Gasteiger partial charge in [0.05, 0.1) is 0 Å². The maximum Gasteiger partial charge on any atom is 0.246 e. The minimum Gasteiger partial charge on any atom is -0.359 e. The molecule has 1 fully saturated rings. The van der Waals surface area contributed by atoms with Gasteiger partial charge in [0.2, 0.25) is 11.8 Å². The summed E-state index contributed by atoms with van der Waals surface area (Å²) in [7, 11) is 1.63. The van der Waals surface area contributed by atoms with E-state index in [1.54, 1.807) is 7.05 Å². The number of hydrogen-bond donors (Lipinski definition) is 1. The normalized spacial score (nSPS) is 20.3. The smallest absolute Gasteiger partial charge is 0.246 e. The van der Waals surface area contributed by atoms with Crippen LogP contribution in [0.3, 0.4) is 0 Å². The van der Waals surface area contributed by atoms with Crippen LogP contribution in [0.1, 0.15) is 32.1 Å². The fourth-order valence-electron chi connectivity index (χ4n) is 2.13. The second kappa shape index (κ2) is 6.30. The van der Waals surface area contributed by atoms with Crippen LogP contribution in [0.25, 0.3) is 0 Å². The Labute approximate surface area is 96.7 Å². The minimum absolute atomic E-state index is 0.0124. The molecule has 1 aliphatic heterocycles. The lowest BCUT2D eigenvalue weighted by Crippen LogP contribution is -2.43. The third-order valence-corrected chi connectivity index (χ3v) is 3.07. The summed E-state index contributed by atoms with van der Waals surface area (Å²) in [6.07, 6.45) is 5.78. The molecule has 1 unspecified atom stereocenters. The van der Waals surface area contributed by atoms with Gasteiger partial charge in [-0.2, -0.15) is 0 Å². The van der Waals surface area contributed by atoms with E-state index in [1.165, 1.54) is 6.08 Å². The Morgan fingerprint density at radius 3 is 2.88 bits per heavy atom. The predicted octanol–water partition coefficient (Wildman–Crippen LogP) is 1.08. The molecule has 0 aromatic rings. The van der Waals surface area contributed by atoms with Gasteiger partial charge in [0, 0.05) is 26.1 Å². The summed E-state index contributed by atoms with van der Waals surface area (Å²) in [5, 5.41) is 2.60. The first-order chi connectivity index (χ1) is 7.69. The van der Waals surface area contributed by atoms with Gasteiger partial charge in [0.1, 0.15) is 0 Å². The summed E-state index contributed by atoms with van der Waals surface area (Å²) < 4.78 is 0. The number of carbonyl (C=O) groups is 2. The fraction of sp³-hybridized carbons (Fsp3) is 0.667. The van der Waals surface area contributed by atoms with Crippen LogP contribution >= 0.6 is 0 Å². The van der Waals surface area contributed by atoms with Crippen LogP contribution in [-0.4, -0.2) is 36.3 Å². The van der Waals surface area contributed by atoms with Crippen molar-refractivity contribution in [3.63, 3.8) is 0 Å². The van der Waals surface area contributed by atoms with Gasteiger partial charge < -0.3 is 10.2 Å². The number of likely N-dealkylation sites (tertiary alicyclic amines) is 1. The summed E-state index contributed by atoms with van der Waals surface area (Å²) in [6.45, 7) is 4.31. The molecule has 0 saturated carbocycles. The standard InChI is InChI=1S/C12H20N2O2/c1-3-12(16)14-9-5-4-6-10(14)7-8-11(15)13-2/h3,10H,1,4-9H2,2H3,(H,13,15). The molecule has 0 spiro atoms. The highest BCUT2D eigenvalue weighted by Gasteiger charge is 2.25. The zero-order valence-electron chi connectivity index (χ0n) is 9.87. The molecule has 2 amide bonds. The molecule has 0 bridgehead atoms. The molecular formula is C12H20N2O2. The number of rotatable bonds is 4. The van der Waals surface area contributed by atoms with Gasteiger partial charge in [0.15, 0.2) is 0 Å². The Balaban J connectivity index is 2.50. The lowest BCUT2D eigenvalue weighted by atomic mass is 9.97. The van der Waals surface area contributed by atoms with Crippen molar-refractivity contribution in [1.29, 1.82) is 0 Å². The Hall–Kier alpha value is -1.32. The highest BCUT2D eigenvalue weighted by molar-refractivity contribution is 5.87. The molecular weight excluding hydrogens is 204 g/mol. The molecule has 16 heavy (non-hydrogen) atoms. The first-order valence-electron chi connectivity index (χ1n) is 5.82. The monoisotopic (exact) mass is 224 g/mol. The fourth-order valence-corrected chi connectivity index (χ4v) is 2.13. The van der Waals surface area contributed by atoms with Crippen LogP contribution in [0.15, 0.2) is 12.7 Å². The Morgan fingerprint density at radius 2 is 2.25 bits per heavy atom. The van der Waals surface area contributed by atoms with Crippen LogP contribution < -0.4 is 5.32 Å². The molecule has 1 rings (SSSR count). The molecule has 4 nitrogen and oxygen atoms in total. The first kappa shape index (κ1) is 12.7. The third kappa shape index (κ3) is 3.36. The number of nitrogens with zero attached hydrogens (tertiary/aromatic N) is 1. The highest BCUT2D eigenvalue weighted by atomic mass is 16.2. The third-order valence-electron chi connectivity index (χ3n) is 3.07. The minimum atomic E-state index is -0.0124. The zero-order valence-corrected chi connectivity index (χ0v) is 9.87. The number of carbonyl (C=O) groups excluding carboxylic acids is 2. The van der Waals surface area contributed by atoms with Crippen molar-refractivity contribution in [1.82, 2.24) is 10.2 Å². The van der Waals surface area contributed by atoms with Crippen LogP contribution in [-0.2, 0) is 9.59 Å². The van der Waals surface area contributed by atoms with Crippen LogP contribution in [0, 0.1) is 0 Å². The van der Waals surface area contributed by atoms with E-state index in [0.29, 0.717) is 6.42 Å². The van der Waals surface area contributed by atoms with Gasteiger partial charge in [-0.25, -0.2) is 0 Å². The molecule has 0 aromatic carbocycles. The van der Waals surface area contributed by atoms with E-state index in [0.717, 1.165) is 32.2 Å². The lowest BCUT2D eigenvalue weighted by molar-refractivity contribution is -0.130. The lowest BCUT2D eigenvalue weighted by Gasteiger charge is -2.35. The quantitative estimate of drug-likeness (QED) is 0.726. The summed E-state index contributed by atoms with van der Waals surface area (Å²) >= 11 is 0. The number of amides is 2. The maximum absolute atomic E-state index is 11.6. The summed E-state index contributed by atoms with van der Waals surface area (Å²) in [6, 6.07) is 0.205. The van der Waals surface area contributed by atoms with Crippen molar-refractivity contribution >= 4 is 11.8 Å². The predicted molar refractivity (Wildman–Crippen MR) is 62.8 cm³/mol. The van der Waals surface area contributed by atoms with E-state index < -0.39 is 0 Å². The Kier molecular flexibility index (Phi) is 5.02. The van der Waals surface area contributed by atoms with Crippen molar-refractivity contribution in [3.8, 4) is 0 Å². The van der Waals surface area contributed by atoms with Crippen molar-refractivity contribution in [2.24, 2.45) is 0 Å². The second-order valence-corrected chi connectivity index (χ2v) is 4.10. The SMILES string of the molecule is C=CC(=O)N1CCCCC1CCC(=O)NC. The van der Waals surface area contributed by atoms with Gasteiger partial charge in [-0.1, -0.05) is 6.58 Å². The molecule has 1 heterocycles. The Bertz CT molecular complexity index is 276. The van der Waals surface area contributed by atoms with E-state index >= 15 is 0 Å². The van der Waals surface area contributed by atoms with E-state index in [4.69, 9.17) is 0 Å².